The highest BCUT2D eigenvalue weighted by atomic mass is 16.4. The SMILES string of the molecule is CCC=CCC(O)C=CC1C(O)CC(=O)C1CC=CCC=CCCC(=O)O. The molecule has 0 aromatic rings. The van der Waals surface area contributed by atoms with Crippen LogP contribution in [-0.2, 0) is 9.59 Å². The van der Waals surface area contributed by atoms with Gasteiger partial charge in [0.25, 0.3) is 0 Å². The lowest BCUT2D eigenvalue weighted by atomic mass is 9.90. The predicted molar refractivity (Wildman–Crippen MR) is 106 cm³/mol. The molecule has 1 rings (SSSR count). The largest absolute Gasteiger partial charge is 0.481 e. The molecule has 1 aliphatic rings. The molecule has 0 heterocycles. The zero-order chi connectivity index (χ0) is 20.1. The van der Waals surface area contributed by atoms with Crippen LogP contribution < -0.4 is 0 Å². The summed E-state index contributed by atoms with van der Waals surface area (Å²) >= 11 is 0. The van der Waals surface area contributed by atoms with Crippen LogP contribution in [0.15, 0.2) is 48.6 Å². The number of carboxylic acids is 1. The zero-order valence-electron chi connectivity index (χ0n) is 16.0. The number of carboxylic acid groups (broad SMARTS) is 1. The van der Waals surface area contributed by atoms with E-state index in [0.29, 0.717) is 25.7 Å². The highest BCUT2D eigenvalue weighted by Crippen LogP contribution is 2.33. The molecule has 0 spiro atoms. The van der Waals surface area contributed by atoms with E-state index >= 15 is 0 Å². The Kier molecular flexibility index (Phi) is 11.3. The number of ketones is 1. The number of aliphatic carboxylic acids is 1. The topological polar surface area (TPSA) is 94.8 Å². The number of Topliss-reactive ketones (excluding diaryl/α,β-unsaturated/α-hetero) is 1. The van der Waals surface area contributed by atoms with Gasteiger partial charge in [-0.05, 0) is 32.1 Å². The maximum absolute atomic E-state index is 12.1. The number of hydrogen-bond acceptors (Lipinski definition) is 4. The van der Waals surface area contributed by atoms with Crippen LogP contribution in [0, 0.1) is 11.8 Å². The van der Waals surface area contributed by atoms with Crippen molar-refractivity contribution in [3.8, 4) is 0 Å². The first-order valence-electron chi connectivity index (χ1n) is 9.69. The van der Waals surface area contributed by atoms with Crippen molar-refractivity contribution in [2.75, 3.05) is 0 Å². The van der Waals surface area contributed by atoms with E-state index in [-0.39, 0.29) is 30.5 Å². The molecular weight excluding hydrogens is 344 g/mol. The van der Waals surface area contributed by atoms with Gasteiger partial charge in [0.1, 0.15) is 5.78 Å². The third-order valence-corrected chi connectivity index (χ3v) is 4.59. The minimum atomic E-state index is -0.806. The molecule has 4 unspecified atom stereocenters. The summed E-state index contributed by atoms with van der Waals surface area (Å²) in [6, 6.07) is 0. The van der Waals surface area contributed by atoms with Gasteiger partial charge in [0, 0.05) is 24.7 Å². The molecule has 4 atom stereocenters. The quantitative estimate of drug-likeness (QED) is 0.453. The number of carbonyl (C=O) groups is 2. The van der Waals surface area contributed by atoms with Crippen molar-refractivity contribution in [3.63, 3.8) is 0 Å². The fourth-order valence-corrected chi connectivity index (χ4v) is 3.10. The molecule has 27 heavy (non-hydrogen) atoms. The van der Waals surface area contributed by atoms with Crippen LogP contribution in [0.2, 0.25) is 0 Å². The van der Waals surface area contributed by atoms with Gasteiger partial charge in [-0.15, -0.1) is 0 Å². The van der Waals surface area contributed by atoms with E-state index in [9.17, 15) is 19.8 Å². The molecule has 0 aromatic heterocycles. The Bertz CT molecular complexity index is 573. The molecule has 5 nitrogen and oxygen atoms in total. The summed E-state index contributed by atoms with van der Waals surface area (Å²) in [6.07, 6.45) is 17.2. The van der Waals surface area contributed by atoms with Gasteiger partial charge in [-0.1, -0.05) is 55.5 Å². The molecule has 5 heteroatoms. The van der Waals surface area contributed by atoms with Crippen molar-refractivity contribution in [2.24, 2.45) is 11.8 Å². The number of rotatable bonds is 12. The number of hydrogen-bond donors (Lipinski definition) is 3. The Labute approximate surface area is 161 Å². The van der Waals surface area contributed by atoms with Gasteiger partial charge in [0.15, 0.2) is 0 Å². The lowest BCUT2D eigenvalue weighted by Crippen LogP contribution is -2.18. The molecule has 0 bridgehead atoms. The molecule has 0 radical (unpaired) electrons. The minimum Gasteiger partial charge on any atom is -0.481 e. The molecule has 0 saturated heterocycles. The fourth-order valence-electron chi connectivity index (χ4n) is 3.10. The number of aliphatic hydroxyl groups excluding tert-OH is 2. The second-order valence-electron chi connectivity index (χ2n) is 6.84. The normalized spacial score (nSPS) is 24.9. The highest BCUT2D eigenvalue weighted by Gasteiger charge is 2.39. The predicted octanol–water partition coefficient (Wildman–Crippen LogP) is 3.58. The number of carbonyl (C=O) groups excluding carboxylic acids is 1. The number of aliphatic hydroxyl groups is 2. The zero-order valence-corrected chi connectivity index (χ0v) is 16.0. The number of allylic oxidation sites excluding steroid dienone is 5. The van der Waals surface area contributed by atoms with Crippen LogP contribution in [0.25, 0.3) is 0 Å². The maximum atomic E-state index is 12.1. The summed E-state index contributed by atoms with van der Waals surface area (Å²) in [6.45, 7) is 2.03. The van der Waals surface area contributed by atoms with Gasteiger partial charge in [0.2, 0.25) is 0 Å². The van der Waals surface area contributed by atoms with Gasteiger partial charge < -0.3 is 15.3 Å². The second kappa shape index (κ2) is 13.2. The van der Waals surface area contributed by atoms with Crippen LogP contribution in [0.4, 0.5) is 0 Å². The van der Waals surface area contributed by atoms with Crippen molar-refractivity contribution in [1.82, 2.24) is 0 Å². The third kappa shape index (κ3) is 9.50. The van der Waals surface area contributed by atoms with Crippen molar-refractivity contribution in [3.05, 3.63) is 48.6 Å². The lowest BCUT2D eigenvalue weighted by Gasteiger charge is -2.16. The molecule has 0 aliphatic heterocycles. The van der Waals surface area contributed by atoms with E-state index in [1.165, 1.54) is 0 Å². The monoisotopic (exact) mass is 376 g/mol. The lowest BCUT2D eigenvalue weighted by molar-refractivity contribution is -0.136. The van der Waals surface area contributed by atoms with E-state index in [1.54, 1.807) is 12.2 Å². The van der Waals surface area contributed by atoms with Crippen LogP contribution in [0.1, 0.15) is 51.9 Å². The van der Waals surface area contributed by atoms with Gasteiger partial charge in [-0.25, -0.2) is 0 Å². The van der Waals surface area contributed by atoms with E-state index in [1.807, 2.05) is 43.4 Å². The van der Waals surface area contributed by atoms with E-state index in [4.69, 9.17) is 5.11 Å². The first-order valence-corrected chi connectivity index (χ1v) is 9.69. The Morgan fingerprint density at radius 1 is 1.19 bits per heavy atom. The molecule has 1 aliphatic carbocycles. The van der Waals surface area contributed by atoms with Gasteiger partial charge in [-0.3, -0.25) is 9.59 Å². The Balaban J connectivity index is 2.48. The van der Waals surface area contributed by atoms with Gasteiger partial charge >= 0.3 is 5.97 Å². The summed E-state index contributed by atoms with van der Waals surface area (Å²) in [7, 11) is 0. The van der Waals surface area contributed by atoms with Crippen molar-refractivity contribution >= 4 is 11.8 Å². The smallest absolute Gasteiger partial charge is 0.303 e. The van der Waals surface area contributed by atoms with Crippen LogP contribution in [-0.4, -0.2) is 39.3 Å². The molecule has 0 aromatic carbocycles. The highest BCUT2D eigenvalue weighted by molar-refractivity contribution is 5.84. The average molecular weight is 376 g/mol. The van der Waals surface area contributed by atoms with Gasteiger partial charge in [0.05, 0.1) is 12.2 Å². The Morgan fingerprint density at radius 3 is 2.63 bits per heavy atom. The molecule has 150 valence electrons. The van der Waals surface area contributed by atoms with Crippen LogP contribution in [0.3, 0.4) is 0 Å². The standard InChI is InChI=1S/C22H32O5/c1-2-3-8-11-17(23)14-15-19-18(20(24)16-21(19)25)12-9-6-4-5-7-10-13-22(26)27/h3,5-9,14-15,17-19,21,23,25H,2,4,10-13,16H2,1H3,(H,26,27). The second-order valence-corrected chi connectivity index (χ2v) is 6.84. The summed E-state index contributed by atoms with van der Waals surface area (Å²) in [5.74, 6) is -1.28. The summed E-state index contributed by atoms with van der Waals surface area (Å²) < 4.78 is 0. The Morgan fingerprint density at radius 2 is 1.93 bits per heavy atom. The summed E-state index contributed by atoms with van der Waals surface area (Å²) in [5, 5.41) is 28.7. The maximum Gasteiger partial charge on any atom is 0.303 e. The average Bonchev–Trinajstić information content (AvgIpc) is 2.88. The molecule has 0 amide bonds. The molecular formula is C22H32O5. The van der Waals surface area contributed by atoms with E-state index in [2.05, 4.69) is 0 Å². The van der Waals surface area contributed by atoms with E-state index < -0.39 is 18.2 Å². The summed E-state index contributed by atoms with van der Waals surface area (Å²) in [4.78, 5) is 22.6. The van der Waals surface area contributed by atoms with Crippen molar-refractivity contribution in [1.29, 1.82) is 0 Å². The van der Waals surface area contributed by atoms with E-state index in [0.717, 1.165) is 6.42 Å². The first-order chi connectivity index (χ1) is 13.0. The summed E-state index contributed by atoms with van der Waals surface area (Å²) in [5.41, 5.74) is 0. The Hall–Kier alpha value is -1.98. The van der Waals surface area contributed by atoms with Crippen molar-refractivity contribution < 1.29 is 24.9 Å². The molecule has 1 fully saturated rings. The van der Waals surface area contributed by atoms with Gasteiger partial charge in [-0.2, -0.15) is 0 Å². The van der Waals surface area contributed by atoms with Crippen LogP contribution in [0.5, 0.6) is 0 Å². The van der Waals surface area contributed by atoms with Crippen LogP contribution >= 0.6 is 0 Å². The molecule has 1 saturated carbocycles. The minimum absolute atomic E-state index is 0.0548. The first kappa shape index (κ1) is 23.1. The van der Waals surface area contributed by atoms with Crippen molar-refractivity contribution in [2.45, 2.75) is 64.1 Å². The molecule has 3 N–H and O–H groups in total. The fraction of sp³-hybridized carbons (Fsp3) is 0.545. The third-order valence-electron chi connectivity index (χ3n) is 4.59.